The molecule has 3 N–H and O–H groups in total. The van der Waals surface area contributed by atoms with Crippen molar-refractivity contribution < 1.29 is 0 Å². The van der Waals surface area contributed by atoms with Gasteiger partial charge in [-0.25, -0.2) is 0 Å². The number of nitrogens with two attached hydrogens (primary N) is 1. The topological polar surface area (TPSA) is 116 Å². The quantitative estimate of drug-likeness (QED) is 0.715. The summed E-state index contributed by atoms with van der Waals surface area (Å²) in [7, 11) is 3.86. The Balaban J connectivity index is 2.33. The summed E-state index contributed by atoms with van der Waals surface area (Å²) in [6.07, 6.45) is 0. The van der Waals surface area contributed by atoms with Crippen molar-refractivity contribution >= 4 is 17.4 Å². The molecule has 8 nitrogen and oxygen atoms in total. The highest BCUT2D eigenvalue weighted by Crippen LogP contribution is 2.24. The second kappa shape index (κ2) is 4.89. The molecule has 0 spiro atoms. The normalized spacial score (nSPS) is 10.6. The molecule has 3 aromatic rings. The fourth-order valence-corrected chi connectivity index (χ4v) is 2.23. The van der Waals surface area contributed by atoms with Gasteiger partial charge in [0.1, 0.15) is 11.6 Å². The third-order valence-electron chi connectivity index (χ3n) is 3.29. The van der Waals surface area contributed by atoms with Crippen LogP contribution in [0.4, 0.5) is 11.6 Å². The van der Waals surface area contributed by atoms with Gasteiger partial charge in [-0.1, -0.05) is 12.1 Å². The molecule has 0 aliphatic heterocycles. The van der Waals surface area contributed by atoms with Crippen molar-refractivity contribution in [1.29, 1.82) is 5.26 Å². The van der Waals surface area contributed by atoms with E-state index < -0.39 is 5.56 Å². The van der Waals surface area contributed by atoms with Crippen LogP contribution in [0.1, 0.15) is 5.56 Å². The molecule has 0 aliphatic carbocycles. The minimum absolute atomic E-state index is 0.0249. The Kier molecular flexibility index (Phi) is 3.03. The van der Waals surface area contributed by atoms with E-state index >= 15 is 0 Å². The van der Waals surface area contributed by atoms with Crippen LogP contribution < -0.4 is 16.2 Å². The maximum absolute atomic E-state index is 12.0. The minimum atomic E-state index is -0.519. The fraction of sp³-hybridized carbons (Fsp3) is 0.143. The first-order chi connectivity index (χ1) is 10.5. The Hall–Kier alpha value is -3.34. The Morgan fingerprint density at radius 3 is 2.59 bits per heavy atom. The highest BCUT2D eigenvalue weighted by Gasteiger charge is 2.17. The van der Waals surface area contributed by atoms with E-state index in [2.05, 4.69) is 15.1 Å². The van der Waals surface area contributed by atoms with Crippen molar-refractivity contribution in [2.24, 2.45) is 0 Å². The van der Waals surface area contributed by atoms with Crippen molar-refractivity contribution in [2.45, 2.75) is 0 Å². The number of nitriles is 1. The molecule has 1 aromatic carbocycles. The Labute approximate surface area is 125 Å². The van der Waals surface area contributed by atoms with Crippen LogP contribution in [0, 0.1) is 11.3 Å². The number of nitrogens with zero attached hydrogens (tertiary/aromatic N) is 5. The monoisotopic (exact) mass is 295 g/mol. The average molecular weight is 295 g/mol. The molecule has 2 heterocycles. The van der Waals surface area contributed by atoms with Gasteiger partial charge in [-0.05, 0) is 12.1 Å². The summed E-state index contributed by atoms with van der Waals surface area (Å²) in [6, 6.07) is 9.35. The first-order valence-electron chi connectivity index (χ1n) is 6.47. The molecular formula is C14H13N7O. The summed E-state index contributed by atoms with van der Waals surface area (Å²) in [4.78, 5) is 20.4. The van der Waals surface area contributed by atoms with E-state index in [1.165, 1.54) is 4.52 Å². The smallest absolute Gasteiger partial charge is 0.270 e. The van der Waals surface area contributed by atoms with Crippen LogP contribution in [-0.4, -0.2) is 33.7 Å². The molecule has 0 aliphatic rings. The van der Waals surface area contributed by atoms with Crippen molar-refractivity contribution in [1.82, 2.24) is 19.6 Å². The van der Waals surface area contributed by atoms with Crippen LogP contribution in [0.3, 0.4) is 0 Å². The van der Waals surface area contributed by atoms with Crippen LogP contribution in [0.15, 0.2) is 29.1 Å². The number of aromatic nitrogens is 4. The summed E-state index contributed by atoms with van der Waals surface area (Å²) < 4.78 is 1.37. The van der Waals surface area contributed by atoms with Gasteiger partial charge >= 0.3 is 0 Å². The number of aromatic amines is 1. The predicted molar refractivity (Wildman–Crippen MR) is 82.5 cm³/mol. The zero-order valence-electron chi connectivity index (χ0n) is 12.0. The van der Waals surface area contributed by atoms with E-state index in [0.29, 0.717) is 11.3 Å². The van der Waals surface area contributed by atoms with Gasteiger partial charge in [-0.2, -0.15) is 14.8 Å². The molecule has 8 heteroatoms. The number of H-pyrrole nitrogens is 1. The van der Waals surface area contributed by atoms with Gasteiger partial charge in [0.2, 0.25) is 11.7 Å². The minimum Gasteiger partial charge on any atom is -0.378 e. The summed E-state index contributed by atoms with van der Waals surface area (Å²) >= 11 is 0. The zero-order valence-corrected chi connectivity index (χ0v) is 12.0. The summed E-state index contributed by atoms with van der Waals surface area (Å²) in [5, 5.41) is 13.3. The highest BCUT2D eigenvalue weighted by atomic mass is 16.1. The maximum atomic E-state index is 12.0. The van der Waals surface area contributed by atoms with E-state index in [1.807, 2.05) is 49.3 Å². The Morgan fingerprint density at radius 1 is 1.32 bits per heavy atom. The van der Waals surface area contributed by atoms with Gasteiger partial charge in [-0.15, -0.1) is 5.10 Å². The van der Waals surface area contributed by atoms with Crippen LogP contribution in [-0.2, 0) is 0 Å². The molecule has 0 radical (unpaired) electrons. The SMILES string of the molecule is CN(C)c1ccc(-c2c(C#N)c(=O)[nH]c3nc(N)nn23)cc1. The third-order valence-corrected chi connectivity index (χ3v) is 3.29. The van der Waals surface area contributed by atoms with Crippen LogP contribution >= 0.6 is 0 Å². The number of nitrogen functional groups attached to an aromatic ring is 1. The summed E-state index contributed by atoms with van der Waals surface area (Å²) in [5.41, 5.74) is 7.09. The molecule has 0 saturated heterocycles. The van der Waals surface area contributed by atoms with Crippen molar-refractivity contribution in [2.75, 3.05) is 24.7 Å². The van der Waals surface area contributed by atoms with Gasteiger partial charge in [0, 0.05) is 25.3 Å². The second-order valence-electron chi connectivity index (χ2n) is 4.94. The fourth-order valence-electron chi connectivity index (χ4n) is 2.23. The van der Waals surface area contributed by atoms with E-state index in [9.17, 15) is 10.1 Å². The number of fused-ring (bicyclic) bond motifs is 1. The molecule has 0 atom stereocenters. The number of rotatable bonds is 2. The molecular weight excluding hydrogens is 282 g/mol. The standard InChI is InChI=1S/C14H13N7O/c1-20(2)9-5-3-8(4-6-9)11-10(7-15)12(22)17-14-18-13(16)19-21(11)14/h3-6H,1-2H3,(H3,16,17,18,19,22). The molecule has 110 valence electrons. The first-order valence-corrected chi connectivity index (χ1v) is 6.47. The van der Waals surface area contributed by atoms with Crippen LogP contribution in [0.5, 0.6) is 0 Å². The highest BCUT2D eigenvalue weighted by molar-refractivity contribution is 5.70. The number of benzene rings is 1. The van der Waals surface area contributed by atoms with E-state index in [1.54, 1.807) is 0 Å². The van der Waals surface area contributed by atoms with E-state index in [-0.39, 0.29) is 17.3 Å². The third kappa shape index (κ3) is 2.05. The molecule has 0 amide bonds. The molecule has 0 fully saturated rings. The van der Waals surface area contributed by atoms with Gasteiger partial charge in [0.15, 0.2) is 0 Å². The molecule has 0 bridgehead atoms. The second-order valence-corrected chi connectivity index (χ2v) is 4.94. The van der Waals surface area contributed by atoms with E-state index in [0.717, 1.165) is 5.69 Å². The largest absolute Gasteiger partial charge is 0.378 e. The van der Waals surface area contributed by atoms with Gasteiger partial charge in [0.05, 0.1) is 5.69 Å². The van der Waals surface area contributed by atoms with Crippen LogP contribution in [0.25, 0.3) is 17.0 Å². The lowest BCUT2D eigenvalue weighted by Crippen LogP contribution is -2.16. The lowest BCUT2D eigenvalue weighted by Gasteiger charge is -2.13. The van der Waals surface area contributed by atoms with E-state index in [4.69, 9.17) is 5.73 Å². The number of anilines is 2. The summed E-state index contributed by atoms with van der Waals surface area (Å²) in [5.74, 6) is 0.227. The van der Waals surface area contributed by atoms with Gasteiger partial charge < -0.3 is 10.6 Å². The number of hydrogen-bond donors (Lipinski definition) is 2. The molecule has 0 saturated carbocycles. The van der Waals surface area contributed by atoms with Gasteiger partial charge in [0.25, 0.3) is 5.56 Å². The average Bonchev–Trinajstić information content (AvgIpc) is 2.85. The number of hydrogen-bond acceptors (Lipinski definition) is 6. The lowest BCUT2D eigenvalue weighted by molar-refractivity contribution is 0.938. The Bertz CT molecular complexity index is 944. The van der Waals surface area contributed by atoms with Crippen molar-refractivity contribution in [3.63, 3.8) is 0 Å². The summed E-state index contributed by atoms with van der Waals surface area (Å²) in [6.45, 7) is 0. The lowest BCUT2D eigenvalue weighted by atomic mass is 10.1. The van der Waals surface area contributed by atoms with Gasteiger partial charge in [-0.3, -0.25) is 9.78 Å². The maximum Gasteiger partial charge on any atom is 0.270 e. The predicted octanol–water partition coefficient (Wildman–Crippen LogP) is 0.604. The first kappa shape index (κ1) is 13.6. The van der Waals surface area contributed by atoms with Crippen molar-refractivity contribution in [3.05, 3.63) is 40.2 Å². The zero-order chi connectivity index (χ0) is 15.9. The molecule has 3 rings (SSSR count). The number of nitrogens with one attached hydrogen (secondary N) is 1. The molecule has 2 aromatic heterocycles. The Morgan fingerprint density at radius 2 is 2.00 bits per heavy atom. The van der Waals surface area contributed by atoms with Crippen molar-refractivity contribution in [3.8, 4) is 17.3 Å². The molecule has 0 unspecified atom stereocenters. The van der Waals surface area contributed by atoms with Crippen LogP contribution in [0.2, 0.25) is 0 Å². The molecule has 22 heavy (non-hydrogen) atoms.